The van der Waals surface area contributed by atoms with Gasteiger partial charge in [-0.25, -0.2) is 0 Å². The van der Waals surface area contributed by atoms with Gasteiger partial charge >= 0.3 is 5.97 Å². The fourth-order valence-corrected chi connectivity index (χ4v) is 2.70. The van der Waals surface area contributed by atoms with Crippen LogP contribution >= 0.6 is 0 Å². The van der Waals surface area contributed by atoms with Gasteiger partial charge in [-0.15, -0.1) is 0 Å². The Hall–Kier alpha value is -1.36. The number of hydrogen-bond donors (Lipinski definition) is 1. The number of nitrogens with zero attached hydrogens (tertiary/aromatic N) is 3. The number of carboxylic acids is 1. The Labute approximate surface area is 101 Å². The van der Waals surface area contributed by atoms with Crippen LogP contribution in [-0.4, -0.2) is 39.9 Å². The number of rotatable bonds is 3. The first-order valence-corrected chi connectivity index (χ1v) is 5.88. The van der Waals surface area contributed by atoms with Crippen LogP contribution in [0.3, 0.4) is 0 Å². The zero-order valence-corrected chi connectivity index (χ0v) is 10.6. The smallest absolute Gasteiger partial charge is 0.303 e. The Bertz CT molecular complexity index is 425. The number of hydrogen-bond acceptors (Lipinski definition) is 3. The van der Waals surface area contributed by atoms with Gasteiger partial charge in [-0.3, -0.25) is 9.48 Å². The Morgan fingerprint density at radius 2 is 2.35 bits per heavy atom. The largest absolute Gasteiger partial charge is 0.481 e. The molecule has 0 amide bonds. The second-order valence-corrected chi connectivity index (χ2v) is 5.05. The third kappa shape index (κ3) is 2.34. The molecule has 1 heterocycles. The maximum atomic E-state index is 10.8. The van der Waals surface area contributed by atoms with Crippen molar-refractivity contribution in [3.05, 3.63) is 17.5 Å². The van der Waals surface area contributed by atoms with Gasteiger partial charge in [0.1, 0.15) is 0 Å². The predicted octanol–water partition coefficient (Wildman–Crippen LogP) is 1.06. The summed E-state index contributed by atoms with van der Waals surface area (Å²) >= 11 is 0. The molecule has 1 aromatic heterocycles. The van der Waals surface area contributed by atoms with Gasteiger partial charge in [-0.2, -0.15) is 5.10 Å². The van der Waals surface area contributed by atoms with Crippen molar-refractivity contribution in [1.82, 2.24) is 14.7 Å². The minimum atomic E-state index is -0.710. The van der Waals surface area contributed by atoms with Crippen LogP contribution < -0.4 is 0 Å². The lowest BCUT2D eigenvalue weighted by molar-refractivity contribution is -0.138. The van der Waals surface area contributed by atoms with Gasteiger partial charge < -0.3 is 10.0 Å². The van der Waals surface area contributed by atoms with Gasteiger partial charge in [-0.1, -0.05) is 0 Å². The summed E-state index contributed by atoms with van der Waals surface area (Å²) in [5.41, 5.74) is 2.43. The number of carbonyl (C=O) groups is 1. The molecule has 0 fully saturated rings. The number of aliphatic carboxylic acids is 1. The summed E-state index contributed by atoms with van der Waals surface area (Å²) in [6, 6.07) is 0.289. The third-order valence-corrected chi connectivity index (χ3v) is 3.58. The molecule has 1 aliphatic rings. The van der Waals surface area contributed by atoms with Crippen LogP contribution in [0.25, 0.3) is 0 Å². The molecule has 0 saturated carbocycles. The van der Waals surface area contributed by atoms with Crippen LogP contribution in [0, 0.1) is 5.92 Å². The lowest BCUT2D eigenvalue weighted by atomic mass is 9.82. The molecule has 2 atom stereocenters. The average molecular weight is 237 g/mol. The summed E-state index contributed by atoms with van der Waals surface area (Å²) in [5, 5.41) is 13.2. The first kappa shape index (κ1) is 12.1. The van der Waals surface area contributed by atoms with Crippen molar-refractivity contribution in [2.45, 2.75) is 25.3 Å². The topological polar surface area (TPSA) is 58.4 Å². The van der Waals surface area contributed by atoms with Gasteiger partial charge in [0, 0.05) is 30.8 Å². The minimum absolute atomic E-state index is 0.211. The lowest BCUT2D eigenvalue weighted by Crippen LogP contribution is -2.29. The highest BCUT2D eigenvalue weighted by Gasteiger charge is 2.31. The summed E-state index contributed by atoms with van der Waals surface area (Å²) in [7, 11) is 5.99. The maximum absolute atomic E-state index is 10.8. The summed E-state index contributed by atoms with van der Waals surface area (Å²) in [6.45, 7) is 0. The van der Waals surface area contributed by atoms with E-state index < -0.39 is 5.97 Å². The first-order chi connectivity index (χ1) is 7.99. The van der Waals surface area contributed by atoms with Crippen molar-refractivity contribution in [3.8, 4) is 0 Å². The second-order valence-electron chi connectivity index (χ2n) is 5.05. The fourth-order valence-electron chi connectivity index (χ4n) is 2.70. The van der Waals surface area contributed by atoms with Crippen LogP contribution in [0.15, 0.2) is 6.20 Å². The summed E-state index contributed by atoms with van der Waals surface area (Å²) < 4.78 is 1.87. The van der Waals surface area contributed by atoms with Crippen molar-refractivity contribution >= 4 is 5.97 Å². The molecule has 0 saturated heterocycles. The van der Waals surface area contributed by atoms with E-state index in [-0.39, 0.29) is 18.4 Å². The van der Waals surface area contributed by atoms with Crippen molar-refractivity contribution in [1.29, 1.82) is 0 Å². The van der Waals surface area contributed by atoms with E-state index in [1.807, 2.05) is 32.0 Å². The van der Waals surface area contributed by atoms with Crippen LogP contribution in [0.2, 0.25) is 0 Å². The number of carboxylic acid groups (broad SMARTS) is 1. The zero-order valence-electron chi connectivity index (χ0n) is 10.6. The van der Waals surface area contributed by atoms with Crippen LogP contribution in [0.5, 0.6) is 0 Å². The Morgan fingerprint density at radius 1 is 1.65 bits per heavy atom. The van der Waals surface area contributed by atoms with E-state index in [1.54, 1.807) is 0 Å². The third-order valence-electron chi connectivity index (χ3n) is 3.58. The highest BCUT2D eigenvalue weighted by molar-refractivity contribution is 5.67. The molecule has 2 unspecified atom stereocenters. The lowest BCUT2D eigenvalue weighted by Gasteiger charge is -2.33. The molecule has 5 heteroatoms. The molecule has 1 N–H and O–H groups in total. The Balaban J connectivity index is 2.27. The van der Waals surface area contributed by atoms with E-state index in [2.05, 4.69) is 10.00 Å². The van der Waals surface area contributed by atoms with E-state index in [0.717, 1.165) is 12.8 Å². The standard InChI is InChI=1S/C12H19N3O2/c1-14(2)10-4-8(6-12(16)17)5-11-9(10)7-13-15(11)3/h7-8,10H,4-6H2,1-3H3,(H,16,17). The summed E-state index contributed by atoms with van der Waals surface area (Å²) in [4.78, 5) is 13.0. The molecular formula is C12H19N3O2. The zero-order chi connectivity index (χ0) is 12.6. The van der Waals surface area contributed by atoms with Crippen molar-refractivity contribution in [2.24, 2.45) is 13.0 Å². The molecule has 0 bridgehead atoms. The van der Waals surface area contributed by atoms with Gasteiger partial charge in [0.05, 0.1) is 6.20 Å². The van der Waals surface area contributed by atoms with Crippen LogP contribution in [0.1, 0.15) is 30.1 Å². The Morgan fingerprint density at radius 3 is 2.94 bits per heavy atom. The van der Waals surface area contributed by atoms with E-state index in [9.17, 15) is 4.79 Å². The normalized spacial score (nSPS) is 23.8. The minimum Gasteiger partial charge on any atom is -0.481 e. The molecule has 0 aromatic carbocycles. The molecule has 17 heavy (non-hydrogen) atoms. The molecule has 0 radical (unpaired) electrons. The fraction of sp³-hybridized carbons (Fsp3) is 0.667. The molecule has 2 rings (SSSR count). The van der Waals surface area contributed by atoms with Gasteiger partial charge in [0.25, 0.3) is 0 Å². The molecular weight excluding hydrogens is 218 g/mol. The highest BCUT2D eigenvalue weighted by Crippen LogP contribution is 2.36. The number of fused-ring (bicyclic) bond motifs is 1. The van der Waals surface area contributed by atoms with Crippen molar-refractivity contribution in [3.63, 3.8) is 0 Å². The second kappa shape index (κ2) is 4.49. The van der Waals surface area contributed by atoms with Crippen molar-refractivity contribution in [2.75, 3.05) is 14.1 Å². The molecule has 5 nitrogen and oxygen atoms in total. The maximum Gasteiger partial charge on any atom is 0.303 e. The molecule has 0 aliphatic heterocycles. The van der Waals surface area contributed by atoms with Gasteiger partial charge in [0.15, 0.2) is 0 Å². The summed E-state index contributed by atoms with van der Waals surface area (Å²) in [6.07, 6.45) is 3.88. The number of aryl methyl sites for hydroxylation is 1. The molecule has 94 valence electrons. The first-order valence-electron chi connectivity index (χ1n) is 5.88. The van der Waals surface area contributed by atoms with Crippen LogP contribution in [-0.2, 0) is 18.3 Å². The number of aromatic nitrogens is 2. The summed E-state index contributed by atoms with van der Waals surface area (Å²) in [5.74, 6) is -0.499. The van der Waals surface area contributed by atoms with E-state index in [0.29, 0.717) is 0 Å². The van der Waals surface area contributed by atoms with Gasteiger partial charge in [0.2, 0.25) is 0 Å². The van der Waals surface area contributed by atoms with E-state index in [4.69, 9.17) is 5.11 Å². The molecule has 1 aromatic rings. The highest BCUT2D eigenvalue weighted by atomic mass is 16.4. The molecule has 0 spiro atoms. The quantitative estimate of drug-likeness (QED) is 0.854. The van der Waals surface area contributed by atoms with E-state index >= 15 is 0 Å². The average Bonchev–Trinajstić information content (AvgIpc) is 2.59. The molecule has 1 aliphatic carbocycles. The predicted molar refractivity (Wildman–Crippen MR) is 63.7 cm³/mol. The van der Waals surface area contributed by atoms with Crippen LogP contribution in [0.4, 0.5) is 0 Å². The monoisotopic (exact) mass is 237 g/mol. The Kier molecular flexibility index (Phi) is 3.19. The van der Waals surface area contributed by atoms with Crippen molar-refractivity contribution < 1.29 is 9.90 Å². The van der Waals surface area contributed by atoms with Gasteiger partial charge in [-0.05, 0) is 32.9 Å². The van der Waals surface area contributed by atoms with E-state index in [1.165, 1.54) is 11.3 Å². The SMILES string of the molecule is CN(C)C1CC(CC(=O)O)Cc2c1cnn2C.